The summed E-state index contributed by atoms with van der Waals surface area (Å²) in [4.78, 5) is 12.4. The predicted molar refractivity (Wildman–Crippen MR) is 102 cm³/mol. The third kappa shape index (κ3) is 4.36. The lowest BCUT2D eigenvalue weighted by molar-refractivity contribution is -0.115. The number of nitrogens with zero attached hydrogens (tertiary/aromatic N) is 2. The van der Waals surface area contributed by atoms with Crippen LogP contribution in [0.4, 0.5) is 5.69 Å². The molecule has 26 heavy (non-hydrogen) atoms. The number of rotatable bonds is 6. The van der Waals surface area contributed by atoms with E-state index in [4.69, 9.17) is 20.8 Å². The molecule has 8 heteroatoms. The summed E-state index contributed by atoms with van der Waals surface area (Å²) in [5.41, 5.74) is 1.42. The van der Waals surface area contributed by atoms with Crippen molar-refractivity contribution in [1.29, 1.82) is 0 Å². The van der Waals surface area contributed by atoms with Gasteiger partial charge in [-0.1, -0.05) is 41.6 Å². The molecule has 0 bridgehead atoms. The number of halogens is 1. The number of carbonyl (C=O) groups is 1. The second kappa shape index (κ2) is 8.25. The normalized spacial score (nSPS) is 11.8. The molecule has 3 rings (SSSR count). The number of amides is 1. The van der Waals surface area contributed by atoms with E-state index in [0.29, 0.717) is 27.6 Å². The minimum absolute atomic E-state index is 0.198. The molecule has 0 unspecified atom stereocenters. The van der Waals surface area contributed by atoms with Gasteiger partial charge < -0.3 is 14.5 Å². The lowest BCUT2D eigenvalue weighted by Gasteiger charge is -2.11. The van der Waals surface area contributed by atoms with E-state index in [2.05, 4.69) is 15.5 Å². The quantitative estimate of drug-likeness (QED) is 0.624. The largest absolute Gasteiger partial charge is 0.495 e. The van der Waals surface area contributed by atoms with Crippen LogP contribution < -0.4 is 10.1 Å². The van der Waals surface area contributed by atoms with Crippen molar-refractivity contribution in [2.24, 2.45) is 0 Å². The minimum atomic E-state index is -0.431. The lowest BCUT2D eigenvalue weighted by Crippen LogP contribution is -2.22. The maximum atomic E-state index is 12.4. The highest BCUT2D eigenvalue weighted by Crippen LogP contribution is 2.29. The average molecular weight is 390 g/mol. The van der Waals surface area contributed by atoms with Gasteiger partial charge in [0.1, 0.15) is 5.75 Å². The summed E-state index contributed by atoms with van der Waals surface area (Å²) in [5, 5.41) is 11.1. The van der Waals surface area contributed by atoms with Crippen molar-refractivity contribution < 1.29 is 13.9 Å². The molecule has 2 aromatic carbocycles. The van der Waals surface area contributed by atoms with Crippen LogP contribution in [0, 0.1) is 0 Å². The monoisotopic (exact) mass is 389 g/mol. The summed E-state index contributed by atoms with van der Waals surface area (Å²) in [5.74, 6) is 0.768. The number of methoxy groups -OCH3 is 1. The zero-order valence-corrected chi connectivity index (χ0v) is 15.7. The number of anilines is 1. The standard InChI is InChI=1S/C18H16ClN3O3S/c1-11(16(23)20-13-8-9-15(24-2)14(19)10-13)26-18-22-21-17(25-18)12-6-4-3-5-7-12/h3-11H,1-2H3,(H,20,23)/t11-/m1/s1. The van der Waals surface area contributed by atoms with E-state index < -0.39 is 5.25 Å². The van der Waals surface area contributed by atoms with Gasteiger partial charge in [0.15, 0.2) is 0 Å². The van der Waals surface area contributed by atoms with Crippen molar-refractivity contribution in [3.05, 3.63) is 53.6 Å². The van der Waals surface area contributed by atoms with Gasteiger partial charge in [-0.2, -0.15) is 0 Å². The topological polar surface area (TPSA) is 77.2 Å². The van der Waals surface area contributed by atoms with Crippen LogP contribution in [-0.2, 0) is 4.79 Å². The molecule has 0 saturated heterocycles. The van der Waals surface area contributed by atoms with Crippen LogP contribution in [0.3, 0.4) is 0 Å². The minimum Gasteiger partial charge on any atom is -0.495 e. The van der Waals surface area contributed by atoms with E-state index in [9.17, 15) is 4.79 Å². The van der Waals surface area contributed by atoms with Gasteiger partial charge in [-0.05, 0) is 37.3 Å². The highest BCUT2D eigenvalue weighted by atomic mass is 35.5. The third-order valence-corrected chi connectivity index (χ3v) is 4.72. The molecule has 0 aliphatic carbocycles. The summed E-state index contributed by atoms with van der Waals surface area (Å²) in [6.45, 7) is 1.76. The van der Waals surface area contributed by atoms with E-state index in [1.54, 1.807) is 25.1 Å². The van der Waals surface area contributed by atoms with Crippen LogP contribution >= 0.6 is 23.4 Å². The van der Waals surface area contributed by atoms with Crippen molar-refractivity contribution in [2.45, 2.75) is 17.4 Å². The van der Waals surface area contributed by atoms with E-state index in [1.807, 2.05) is 30.3 Å². The van der Waals surface area contributed by atoms with Gasteiger partial charge in [0, 0.05) is 11.3 Å². The number of hydrogen-bond donors (Lipinski definition) is 1. The van der Waals surface area contributed by atoms with Gasteiger partial charge in [0.25, 0.3) is 5.22 Å². The van der Waals surface area contributed by atoms with Crippen molar-refractivity contribution in [3.63, 3.8) is 0 Å². The molecule has 1 amide bonds. The molecule has 0 radical (unpaired) electrons. The summed E-state index contributed by atoms with van der Waals surface area (Å²) in [7, 11) is 1.53. The van der Waals surface area contributed by atoms with Crippen molar-refractivity contribution in [2.75, 3.05) is 12.4 Å². The molecule has 3 aromatic rings. The Kier molecular flexibility index (Phi) is 5.80. The van der Waals surface area contributed by atoms with Crippen LogP contribution in [-0.4, -0.2) is 28.5 Å². The maximum absolute atomic E-state index is 12.4. The zero-order chi connectivity index (χ0) is 18.5. The molecular formula is C18H16ClN3O3S. The van der Waals surface area contributed by atoms with Crippen LogP contribution in [0.1, 0.15) is 6.92 Å². The van der Waals surface area contributed by atoms with E-state index in [1.165, 1.54) is 18.9 Å². The first-order chi connectivity index (χ1) is 12.6. The Morgan fingerprint density at radius 2 is 2.00 bits per heavy atom. The Hall–Kier alpha value is -2.51. The molecule has 1 N–H and O–H groups in total. The molecule has 0 aliphatic heterocycles. The molecule has 6 nitrogen and oxygen atoms in total. The molecule has 1 aromatic heterocycles. The van der Waals surface area contributed by atoms with Crippen LogP contribution in [0.5, 0.6) is 5.75 Å². The number of benzene rings is 2. The molecule has 1 atom stereocenters. The molecule has 0 fully saturated rings. The summed E-state index contributed by atoms with van der Waals surface area (Å²) >= 11 is 7.26. The Labute approximate surface area is 159 Å². The second-order valence-corrected chi connectivity index (χ2v) is 7.04. The number of aromatic nitrogens is 2. The molecule has 0 saturated carbocycles. The number of nitrogens with one attached hydrogen (secondary N) is 1. The summed E-state index contributed by atoms with van der Waals surface area (Å²) < 4.78 is 10.7. The van der Waals surface area contributed by atoms with E-state index in [0.717, 1.165) is 5.56 Å². The number of thioether (sulfide) groups is 1. The Morgan fingerprint density at radius 1 is 1.23 bits per heavy atom. The molecule has 1 heterocycles. The fraction of sp³-hybridized carbons (Fsp3) is 0.167. The average Bonchev–Trinajstić information content (AvgIpc) is 3.11. The Bertz CT molecular complexity index is 902. The zero-order valence-electron chi connectivity index (χ0n) is 14.1. The predicted octanol–water partition coefficient (Wildman–Crippen LogP) is 4.52. The molecule has 0 aliphatic rings. The lowest BCUT2D eigenvalue weighted by atomic mass is 10.2. The SMILES string of the molecule is COc1ccc(NC(=O)[C@@H](C)Sc2nnc(-c3ccccc3)o2)cc1Cl. The van der Waals surface area contributed by atoms with Crippen molar-refractivity contribution >= 4 is 35.0 Å². The van der Waals surface area contributed by atoms with Gasteiger partial charge in [-0.15, -0.1) is 10.2 Å². The molecule has 134 valence electrons. The van der Waals surface area contributed by atoms with Gasteiger partial charge in [0.05, 0.1) is 17.4 Å². The van der Waals surface area contributed by atoms with E-state index in [-0.39, 0.29) is 5.91 Å². The maximum Gasteiger partial charge on any atom is 0.277 e. The van der Waals surface area contributed by atoms with Gasteiger partial charge in [-0.25, -0.2) is 0 Å². The van der Waals surface area contributed by atoms with E-state index >= 15 is 0 Å². The van der Waals surface area contributed by atoms with Crippen molar-refractivity contribution in [1.82, 2.24) is 10.2 Å². The fourth-order valence-electron chi connectivity index (χ4n) is 2.15. The van der Waals surface area contributed by atoms with Gasteiger partial charge in [-0.3, -0.25) is 4.79 Å². The summed E-state index contributed by atoms with van der Waals surface area (Å²) in [6, 6.07) is 14.5. The van der Waals surface area contributed by atoms with Gasteiger partial charge >= 0.3 is 0 Å². The Morgan fingerprint density at radius 3 is 2.69 bits per heavy atom. The second-order valence-electron chi connectivity index (χ2n) is 5.34. The van der Waals surface area contributed by atoms with Crippen LogP contribution in [0.2, 0.25) is 5.02 Å². The van der Waals surface area contributed by atoms with Crippen LogP contribution in [0.15, 0.2) is 58.2 Å². The molecule has 0 spiro atoms. The summed E-state index contributed by atoms with van der Waals surface area (Å²) in [6.07, 6.45) is 0. The first-order valence-electron chi connectivity index (χ1n) is 7.77. The smallest absolute Gasteiger partial charge is 0.277 e. The van der Waals surface area contributed by atoms with Gasteiger partial charge in [0.2, 0.25) is 11.8 Å². The first kappa shape index (κ1) is 18.3. The number of hydrogen-bond acceptors (Lipinski definition) is 6. The third-order valence-electron chi connectivity index (χ3n) is 3.49. The highest BCUT2D eigenvalue weighted by molar-refractivity contribution is 8.00. The van der Waals surface area contributed by atoms with Crippen molar-refractivity contribution in [3.8, 4) is 17.2 Å². The van der Waals surface area contributed by atoms with Crippen LogP contribution in [0.25, 0.3) is 11.5 Å². The Balaban J connectivity index is 1.63. The fourth-order valence-corrected chi connectivity index (χ4v) is 3.09. The molecular weight excluding hydrogens is 374 g/mol. The number of carbonyl (C=O) groups excluding carboxylic acids is 1. The highest BCUT2D eigenvalue weighted by Gasteiger charge is 2.19. The number of ether oxygens (including phenoxy) is 1. The first-order valence-corrected chi connectivity index (χ1v) is 9.02.